The van der Waals surface area contributed by atoms with Gasteiger partial charge in [-0.3, -0.25) is 0 Å². The van der Waals surface area contributed by atoms with E-state index in [1.165, 1.54) is 6.42 Å². The quantitative estimate of drug-likeness (QED) is 0.378. The Labute approximate surface area is 49.9 Å². The average molecular weight is 197 g/mol. The highest BCUT2D eigenvalue weighted by atomic mass is 127. The molecule has 0 aliphatic rings. The Kier molecular flexibility index (Phi) is 5.90. The van der Waals surface area contributed by atoms with Gasteiger partial charge < -0.3 is 0 Å². The predicted octanol–water partition coefficient (Wildman–Crippen LogP) is -1.37. The minimum Gasteiger partial charge on any atom is -0.0617 e. The van der Waals surface area contributed by atoms with Crippen LogP contribution in [-0.2, 0) is 0 Å². The van der Waals surface area contributed by atoms with Gasteiger partial charge in [0.05, 0.1) is 0 Å². The second-order valence-corrected chi connectivity index (χ2v) is 2.95. The van der Waals surface area contributed by atoms with E-state index in [0.29, 0.717) is 21.2 Å². The molecule has 0 spiro atoms. The second kappa shape index (κ2) is 5.47. The van der Waals surface area contributed by atoms with Crippen LogP contribution < -0.4 is 21.2 Å². The molecule has 36 valence electrons. The van der Waals surface area contributed by atoms with Gasteiger partial charge >= 0.3 is 21.2 Å². The predicted molar refractivity (Wildman–Crippen MR) is 25.4 cm³/mol. The van der Waals surface area contributed by atoms with E-state index in [-0.39, 0.29) is 0 Å². The number of halogens is 1. The number of rotatable bonds is 2. The van der Waals surface area contributed by atoms with Crippen LogP contribution in [0.5, 0.6) is 0 Å². The molecule has 0 rings (SSSR count). The molecular formula is C5H10I+. The molecule has 0 heterocycles. The molecule has 0 saturated heterocycles. The van der Waals surface area contributed by atoms with Crippen LogP contribution in [0.3, 0.4) is 0 Å². The third-order valence-electron chi connectivity index (χ3n) is 0.451. The molecule has 0 radical (unpaired) electrons. The summed E-state index contributed by atoms with van der Waals surface area (Å²) in [6.45, 7) is 2.16. The first-order valence-electron chi connectivity index (χ1n) is 2.04. The number of alkyl halides is 1. The fourth-order valence-electron chi connectivity index (χ4n) is 0.178. The topological polar surface area (TPSA) is 0 Å². The van der Waals surface area contributed by atoms with Crippen LogP contribution in [0.2, 0.25) is 0 Å². The van der Waals surface area contributed by atoms with E-state index in [1.54, 1.807) is 0 Å². The van der Waals surface area contributed by atoms with Gasteiger partial charge in [0.25, 0.3) is 0 Å². The summed E-state index contributed by atoms with van der Waals surface area (Å²) >= 11 is 0.420. The fourth-order valence-corrected chi connectivity index (χ4v) is 1.20. The second-order valence-electron chi connectivity index (χ2n) is 0.988. The van der Waals surface area contributed by atoms with Crippen LogP contribution in [0.25, 0.3) is 0 Å². The molecule has 0 amide bonds. The Hall–Kier alpha value is 0.470. The molecule has 0 aliphatic heterocycles. The van der Waals surface area contributed by atoms with Crippen molar-refractivity contribution in [2.75, 3.05) is 4.93 Å². The van der Waals surface area contributed by atoms with Crippen LogP contribution in [0.4, 0.5) is 0 Å². The molecule has 0 saturated carbocycles. The highest BCUT2D eigenvalue weighted by molar-refractivity contribution is 4.66. The molecule has 0 atom stereocenters. The minimum absolute atomic E-state index is 0.420. The van der Waals surface area contributed by atoms with E-state index >= 15 is 0 Å². The van der Waals surface area contributed by atoms with Gasteiger partial charge in [-0.25, -0.2) is 0 Å². The van der Waals surface area contributed by atoms with Gasteiger partial charge in [-0.15, -0.1) is 0 Å². The zero-order valence-electron chi connectivity index (χ0n) is 4.24. The van der Waals surface area contributed by atoms with Crippen LogP contribution in [0.15, 0.2) is 10.2 Å². The molecule has 6 heavy (non-hydrogen) atoms. The maximum atomic E-state index is 2.29. The summed E-state index contributed by atoms with van der Waals surface area (Å²) in [5.74, 6) is 0. The molecule has 0 aliphatic carbocycles. The van der Waals surface area contributed by atoms with Crippen LogP contribution in [0.1, 0.15) is 13.3 Å². The first-order valence-corrected chi connectivity index (χ1v) is 5.45. The Morgan fingerprint density at radius 2 is 2.33 bits per heavy atom. The van der Waals surface area contributed by atoms with E-state index in [0.717, 1.165) is 0 Å². The summed E-state index contributed by atoms with van der Waals surface area (Å²) < 4.78 is 2.29. The van der Waals surface area contributed by atoms with Gasteiger partial charge in [-0.05, 0) is 12.5 Å². The van der Waals surface area contributed by atoms with Crippen molar-refractivity contribution in [3.8, 4) is 0 Å². The van der Waals surface area contributed by atoms with Crippen LogP contribution >= 0.6 is 0 Å². The monoisotopic (exact) mass is 197 g/mol. The number of hydrogen-bond donors (Lipinski definition) is 0. The van der Waals surface area contributed by atoms with Gasteiger partial charge in [0, 0.05) is 0 Å². The standard InChI is InChI=1S/C5H10I/c1-3-4-5-6-2/h4-5H,3H2,1-2H3/q+1/b5-4+. The zero-order valence-corrected chi connectivity index (χ0v) is 6.40. The molecule has 0 aromatic heterocycles. The SMILES string of the molecule is CC/C=C/[I+]C. The average Bonchev–Trinajstić information content (AvgIpc) is 1.61. The lowest BCUT2D eigenvalue weighted by molar-refractivity contribution is -0.556. The number of hydrogen-bond acceptors (Lipinski definition) is 0. The van der Waals surface area contributed by atoms with E-state index in [2.05, 4.69) is 22.0 Å². The fraction of sp³-hybridized carbons (Fsp3) is 0.600. The summed E-state index contributed by atoms with van der Waals surface area (Å²) in [5.41, 5.74) is 0. The van der Waals surface area contributed by atoms with Crippen molar-refractivity contribution >= 4 is 0 Å². The first kappa shape index (κ1) is 6.47. The Balaban J connectivity index is 2.73. The summed E-state index contributed by atoms with van der Waals surface area (Å²) in [7, 11) is 0. The van der Waals surface area contributed by atoms with Gasteiger partial charge in [0.2, 0.25) is 0 Å². The molecule has 0 N–H and O–H groups in total. The Bertz CT molecular complexity index is 33.2. The molecule has 0 unspecified atom stereocenters. The summed E-state index contributed by atoms with van der Waals surface area (Å²) in [4.78, 5) is 2.26. The van der Waals surface area contributed by atoms with Crippen molar-refractivity contribution in [2.24, 2.45) is 0 Å². The lowest BCUT2D eigenvalue weighted by atomic mass is 10.5. The third kappa shape index (κ3) is 4.47. The van der Waals surface area contributed by atoms with Crippen molar-refractivity contribution in [2.45, 2.75) is 13.3 Å². The molecule has 0 nitrogen and oxygen atoms in total. The Morgan fingerprint density at radius 1 is 1.67 bits per heavy atom. The third-order valence-corrected chi connectivity index (χ3v) is 1.68. The largest absolute Gasteiger partial charge is 0.300 e. The molecular weight excluding hydrogens is 187 g/mol. The maximum absolute atomic E-state index is 2.29. The lowest BCUT2D eigenvalue weighted by Crippen LogP contribution is -3.57. The Morgan fingerprint density at radius 3 is 2.50 bits per heavy atom. The molecule has 0 aromatic rings. The van der Waals surface area contributed by atoms with Gasteiger partial charge in [-0.1, -0.05) is 6.92 Å². The highest BCUT2D eigenvalue weighted by Crippen LogP contribution is 1.68. The van der Waals surface area contributed by atoms with E-state index in [9.17, 15) is 0 Å². The van der Waals surface area contributed by atoms with Crippen molar-refractivity contribution < 1.29 is 21.2 Å². The normalized spacial score (nSPS) is 10.3. The van der Waals surface area contributed by atoms with Gasteiger partial charge in [-0.2, -0.15) is 0 Å². The summed E-state index contributed by atoms with van der Waals surface area (Å²) in [6.07, 6.45) is 3.43. The van der Waals surface area contributed by atoms with E-state index in [4.69, 9.17) is 0 Å². The molecule has 1 heteroatoms. The van der Waals surface area contributed by atoms with E-state index in [1.807, 2.05) is 0 Å². The van der Waals surface area contributed by atoms with Gasteiger partial charge in [0.15, 0.2) is 0 Å². The van der Waals surface area contributed by atoms with Crippen LogP contribution in [-0.4, -0.2) is 4.93 Å². The summed E-state index contributed by atoms with van der Waals surface area (Å²) in [5, 5.41) is 0. The highest BCUT2D eigenvalue weighted by Gasteiger charge is 1.78. The smallest absolute Gasteiger partial charge is 0.0617 e. The van der Waals surface area contributed by atoms with Gasteiger partial charge in [0.1, 0.15) is 9.01 Å². The molecule has 0 fully saturated rings. The maximum Gasteiger partial charge on any atom is 0.300 e. The number of allylic oxidation sites excluding steroid dienone is 1. The summed E-state index contributed by atoms with van der Waals surface area (Å²) in [6, 6.07) is 0. The van der Waals surface area contributed by atoms with Crippen molar-refractivity contribution in [1.82, 2.24) is 0 Å². The van der Waals surface area contributed by atoms with Crippen molar-refractivity contribution in [1.29, 1.82) is 0 Å². The first-order chi connectivity index (χ1) is 2.91. The molecule has 0 aromatic carbocycles. The van der Waals surface area contributed by atoms with E-state index < -0.39 is 0 Å². The zero-order chi connectivity index (χ0) is 4.83. The van der Waals surface area contributed by atoms with Crippen LogP contribution in [0, 0.1) is 0 Å². The minimum atomic E-state index is 0.420. The lowest BCUT2D eigenvalue weighted by Gasteiger charge is -1.61. The van der Waals surface area contributed by atoms with Crippen molar-refractivity contribution in [3.05, 3.63) is 10.2 Å². The molecule has 0 bridgehead atoms. The van der Waals surface area contributed by atoms with Crippen molar-refractivity contribution in [3.63, 3.8) is 0 Å².